The van der Waals surface area contributed by atoms with Gasteiger partial charge in [0.1, 0.15) is 23.7 Å². The minimum atomic E-state index is 0.440. The van der Waals surface area contributed by atoms with E-state index in [1.54, 1.807) is 10.8 Å². The molecule has 0 spiro atoms. The molecule has 4 rings (SSSR count). The number of halogens is 1. The molecule has 2 aromatic heterocycles. The summed E-state index contributed by atoms with van der Waals surface area (Å²) in [6.45, 7) is 0.440. The van der Waals surface area contributed by atoms with Gasteiger partial charge in [0.2, 0.25) is 4.96 Å². The van der Waals surface area contributed by atoms with Crippen LogP contribution in [0, 0.1) is 0 Å². The van der Waals surface area contributed by atoms with Gasteiger partial charge in [-0.05, 0) is 30.3 Å². The summed E-state index contributed by atoms with van der Waals surface area (Å²) in [6, 6.07) is 15.5. The lowest BCUT2D eigenvalue weighted by Crippen LogP contribution is -1.95. The molecule has 0 radical (unpaired) electrons. The minimum absolute atomic E-state index is 0.440. The lowest BCUT2D eigenvalue weighted by molar-refractivity contribution is 0.306. The summed E-state index contributed by atoms with van der Waals surface area (Å²) >= 11 is 7.62. The number of fused-ring (bicyclic) bond motifs is 1. The molecule has 5 nitrogen and oxygen atoms in total. The highest BCUT2D eigenvalue weighted by molar-refractivity contribution is 7.19. The van der Waals surface area contributed by atoms with Gasteiger partial charge in [0.15, 0.2) is 0 Å². The Hall–Kier alpha value is -2.44. The Morgan fingerprint density at radius 3 is 2.70 bits per heavy atom. The first-order valence-corrected chi connectivity index (χ1v) is 8.12. The van der Waals surface area contributed by atoms with E-state index < -0.39 is 0 Å². The molecule has 0 saturated carbocycles. The maximum Gasteiger partial charge on any atom is 0.234 e. The summed E-state index contributed by atoms with van der Waals surface area (Å²) in [4.78, 5) is 0.777. The normalized spacial score (nSPS) is 11.0. The van der Waals surface area contributed by atoms with Crippen LogP contribution < -0.4 is 4.74 Å². The van der Waals surface area contributed by atoms with Crippen LogP contribution in [0.3, 0.4) is 0 Å². The third-order valence-electron chi connectivity index (χ3n) is 3.34. The second kappa shape index (κ2) is 5.98. The Balaban J connectivity index is 1.49. The molecular formula is C16H11ClN4OS. The third-order valence-corrected chi connectivity index (χ3v) is 4.67. The standard InChI is InChI=1S/C16H11ClN4OS/c17-14-4-2-1-3-12(14)9-22-13-7-5-11(6-8-13)15-20-21-10-18-19-16(21)23-15/h1-8,10H,9H2. The Bertz CT molecular complexity index is 920. The van der Waals surface area contributed by atoms with Crippen LogP contribution in [0.1, 0.15) is 5.56 Å². The van der Waals surface area contributed by atoms with E-state index in [1.165, 1.54) is 11.3 Å². The van der Waals surface area contributed by atoms with Gasteiger partial charge in [-0.2, -0.15) is 9.61 Å². The van der Waals surface area contributed by atoms with E-state index in [-0.39, 0.29) is 0 Å². The summed E-state index contributed by atoms with van der Waals surface area (Å²) in [5.41, 5.74) is 1.98. The smallest absolute Gasteiger partial charge is 0.234 e. The van der Waals surface area contributed by atoms with Crippen LogP contribution >= 0.6 is 22.9 Å². The van der Waals surface area contributed by atoms with Crippen molar-refractivity contribution in [3.05, 3.63) is 65.4 Å². The molecule has 2 heterocycles. The van der Waals surface area contributed by atoms with Gasteiger partial charge in [0.25, 0.3) is 0 Å². The molecule has 2 aromatic carbocycles. The predicted octanol–water partition coefficient (Wildman–Crippen LogP) is 4.09. The number of ether oxygens (including phenoxy) is 1. The van der Waals surface area contributed by atoms with E-state index in [0.717, 1.165) is 26.8 Å². The second-order valence-corrected chi connectivity index (χ2v) is 6.23. The molecule has 0 fully saturated rings. The van der Waals surface area contributed by atoms with Gasteiger partial charge in [-0.15, -0.1) is 10.2 Å². The molecule has 0 atom stereocenters. The molecule has 0 aliphatic carbocycles. The van der Waals surface area contributed by atoms with Crippen molar-refractivity contribution in [3.8, 4) is 16.3 Å². The summed E-state index contributed by atoms with van der Waals surface area (Å²) in [6.07, 6.45) is 1.59. The van der Waals surface area contributed by atoms with Crippen molar-refractivity contribution in [2.45, 2.75) is 6.61 Å². The highest BCUT2D eigenvalue weighted by atomic mass is 35.5. The summed E-state index contributed by atoms with van der Waals surface area (Å²) in [5, 5.41) is 13.8. The van der Waals surface area contributed by atoms with Gasteiger partial charge in [0.05, 0.1) is 0 Å². The Morgan fingerprint density at radius 1 is 1.09 bits per heavy atom. The van der Waals surface area contributed by atoms with Crippen LogP contribution in [-0.2, 0) is 6.61 Å². The molecule has 0 aliphatic rings. The van der Waals surface area contributed by atoms with Crippen LogP contribution in [-0.4, -0.2) is 19.8 Å². The Morgan fingerprint density at radius 2 is 1.91 bits per heavy atom. The van der Waals surface area contributed by atoms with Gasteiger partial charge >= 0.3 is 0 Å². The topological polar surface area (TPSA) is 52.3 Å². The van der Waals surface area contributed by atoms with Gasteiger partial charge in [-0.1, -0.05) is 41.1 Å². The largest absolute Gasteiger partial charge is 0.489 e. The molecule has 0 bridgehead atoms. The van der Waals surface area contributed by atoms with Gasteiger partial charge in [-0.25, -0.2) is 0 Å². The van der Waals surface area contributed by atoms with E-state index in [2.05, 4.69) is 15.3 Å². The Labute approximate surface area is 141 Å². The quantitative estimate of drug-likeness (QED) is 0.560. The van der Waals surface area contributed by atoms with E-state index in [9.17, 15) is 0 Å². The molecule has 23 heavy (non-hydrogen) atoms. The van der Waals surface area contributed by atoms with E-state index in [4.69, 9.17) is 16.3 Å². The average Bonchev–Trinajstić information content (AvgIpc) is 3.16. The zero-order valence-corrected chi connectivity index (χ0v) is 13.5. The Kier molecular flexibility index (Phi) is 3.69. The summed E-state index contributed by atoms with van der Waals surface area (Å²) in [5.74, 6) is 0.789. The molecule has 0 saturated heterocycles. The van der Waals surface area contributed by atoms with Crippen molar-refractivity contribution >= 4 is 27.9 Å². The van der Waals surface area contributed by atoms with Crippen molar-refractivity contribution < 1.29 is 4.74 Å². The monoisotopic (exact) mass is 342 g/mol. The van der Waals surface area contributed by atoms with Gasteiger partial charge in [0, 0.05) is 16.1 Å². The van der Waals surface area contributed by atoms with E-state index in [0.29, 0.717) is 11.6 Å². The minimum Gasteiger partial charge on any atom is -0.489 e. The first kappa shape index (κ1) is 14.2. The van der Waals surface area contributed by atoms with Gasteiger partial charge < -0.3 is 4.74 Å². The maximum absolute atomic E-state index is 6.12. The van der Waals surface area contributed by atoms with E-state index >= 15 is 0 Å². The third kappa shape index (κ3) is 2.91. The number of nitrogens with zero attached hydrogens (tertiary/aromatic N) is 4. The maximum atomic E-state index is 6.12. The fraction of sp³-hybridized carbons (Fsp3) is 0.0625. The van der Waals surface area contributed by atoms with Crippen molar-refractivity contribution in [3.63, 3.8) is 0 Å². The second-order valence-electron chi connectivity index (χ2n) is 4.87. The SMILES string of the molecule is Clc1ccccc1COc1ccc(-c2nn3cnnc3s2)cc1. The molecule has 7 heteroatoms. The molecule has 0 unspecified atom stereocenters. The van der Waals surface area contributed by atoms with Crippen LogP contribution in [0.2, 0.25) is 5.02 Å². The van der Waals surface area contributed by atoms with Crippen molar-refractivity contribution in [1.82, 2.24) is 19.8 Å². The van der Waals surface area contributed by atoms with Crippen molar-refractivity contribution in [2.24, 2.45) is 0 Å². The lowest BCUT2D eigenvalue weighted by atomic mass is 10.2. The number of rotatable bonds is 4. The van der Waals surface area contributed by atoms with Crippen LogP contribution in [0.25, 0.3) is 15.5 Å². The molecule has 0 aliphatic heterocycles. The fourth-order valence-corrected chi connectivity index (χ4v) is 3.16. The summed E-state index contributed by atoms with van der Waals surface area (Å²) in [7, 11) is 0. The fourth-order valence-electron chi connectivity index (χ4n) is 2.15. The molecule has 0 amide bonds. The highest BCUT2D eigenvalue weighted by Crippen LogP contribution is 2.27. The van der Waals surface area contributed by atoms with Crippen LogP contribution in [0.5, 0.6) is 5.75 Å². The molecule has 4 aromatic rings. The molecule has 114 valence electrons. The molecular weight excluding hydrogens is 332 g/mol. The zero-order valence-electron chi connectivity index (χ0n) is 11.9. The van der Waals surface area contributed by atoms with Gasteiger partial charge in [-0.3, -0.25) is 0 Å². The first-order chi connectivity index (χ1) is 11.3. The number of aromatic nitrogens is 4. The van der Waals surface area contributed by atoms with Crippen LogP contribution in [0.4, 0.5) is 0 Å². The van der Waals surface area contributed by atoms with Crippen LogP contribution in [0.15, 0.2) is 54.9 Å². The van der Waals surface area contributed by atoms with Crippen molar-refractivity contribution in [1.29, 1.82) is 0 Å². The number of benzene rings is 2. The average molecular weight is 343 g/mol. The highest BCUT2D eigenvalue weighted by Gasteiger charge is 2.08. The van der Waals surface area contributed by atoms with Crippen molar-refractivity contribution in [2.75, 3.05) is 0 Å². The van der Waals surface area contributed by atoms with E-state index in [1.807, 2.05) is 48.5 Å². The predicted molar refractivity (Wildman–Crippen MR) is 89.9 cm³/mol. The zero-order chi connectivity index (χ0) is 15.6. The number of hydrogen-bond donors (Lipinski definition) is 0. The first-order valence-electron chi connectivity index (χ1n) is 6.93. The lowest BCUT2D eigenvalue weighted by Gasteiger charge is -2.08. The molecule has 0 N–H and O–H groups in total. The number of hydrogen-bond acceptors (Lipinski definition) is 5. The summed E-state index contributed by atoms with van der Waals surface area (Å²) < 4.78 is 7.45.